The van der Waals surface area contributed by atoms with Crippen LogP contribution in [0.15, 0.2) is 54.1 Å². The molecule has 4 heteroatoms. The molecule has 29 heavy (non-hydrogen) atoms. The fourth-order valence-corrected chi connectivity index (χ4v) is 4.31. The van der Waals surface area contributed by atoms with Gasteiger partial charge < -0.3 is 14.4 Å². The van der Waals surface area contributed by atoms with Gasteiger partial charge in [0.1, 0.15) is 5.75 Å². The number of rotatable bonds is 6. The Morgan fingerprint density at radius 2 is 1.93 bits per heavy atom. The van der Waals surface area contributed by atoms with Gasteiger partial charge in [-0.05, 0) is 80.6 Å². The van der Waals surface area contributed by atoms with Crippen molar-refractivity contribution in [1.82, 2.24) is 4.90 Å². The number of nitrogens with zero attached hydrogens (tertiary/aromatic N) is 1. The van der Waals surface area contributed by atoms with Crippen molar-refractivity contribution in [3.63, 3.8) is 0 Å². The molecule has 1 fully saturated rings. The summed E-state index contributed by atoms with van der Waals surface area (Å²) in [4.78, 5) is 14.1. The minimum Gasteiger partial charge on any atom is -0.497 e. The third kappa shape index (κ3) is 5.48. The summed E-state index contributed by atoms with van der Waals surface area (Å²) in [5, 5.41) is 0. The lowest BCUT2D eigenvalue weighted by Gasteiger charge is -2.35. The number of hydrogen-bond acceptors (Lipinski definition) is 4. The molecule has 2 atom stereocenters. The first kappa shape index (κ1) is 21.1. The Morgan fingerprint density at radius 3 is 2.66 bits per heavy atom. The summed E-state index contributed by atoms with van der Waals surface area (Å²) < 4.78 is 10.3. The fourth-order valence-electron chi connectivity index (χ4n) is 4.31. The predicted octanol–water partition coefficient (Wildman–Crippen LogP) is 5.01. The highest BCUT2D eigenvalue weighted by Gasteiger charge is 2.29. The van der Waals surface area contributed by atoms with Crippen LogP contribution >= 0.6 is 0 Å². The average Bonchev–Trinajstić information content (AvgIpc) is 2.74. The van der Waals surface area contributed by atoms with E-state index in [1.54, 1.807) is 13.2 Å². The molecule has 2 aromatic carbocycles. The van der Waals surface area contributed by atoms with E-state index in [4.69, 9.17) is 9.47 Å². The Bertz CT molecular complexity index is 872. The number of benzene rings is 2. The summed E-state index contributed by atoms with van der Waals surface area (Å²) in [7, 11) is 7.42. The van der Waals surface area contributed by atoms with Crippen LogP contribution in [-0.2, 0) is 4.74 Å². The first-order chi connectivity index (χ1) is 14.0. The van der Waals surface area contributed by atoms with Gasteiger partial charge in [-0.2, -0.15) is 0 Å². The Kier molecular flexibility index (Phi) is 7.10. The fraction of sp³-hybridized carbons (Fsp3) is 0.400. The van der Waals surface area contributed by atoms with E-state index in [2.05, 4.69) is 43.3 Å². The van der Waals surface area contributed by atoms with Gasteiger partial charge in [-0.1, -0.05) is 35.9 Å². The molecule has 1 saturated carbocycles. The second kappa shape index (κ2) is 9.75. The second-order valence-electron chi connectivity index (χ2n) is 8.07. The Balaban J connectivity index is 1.87. The smallest absolute Gasteiger partial charge is 0.337 e. The molecule has 2 aromatic rings. The lowest BCUT2D eigenvalue weighted by molar-refractivity contribution is 0.0600. The number of ether oxygens (including phenoxy) is 2. The van der Waals surface area contributed by atoms with Crippen LogP contribution in [-0.4, -0.2) is 45.7 Å². The molecule has 0 spiro atoms. The average molecular weight is 394 g/mol. The monoisotopic (exact) mass is 393 g/mol. The molecule has 0 aliphatic heterocycles. The number of carbonyl (C=O) groups excluding carboxylic acids is 1. The summed E-state index contributed by atoms with van der Waals surface area (Å²) >= 11 is 0. The van der Waals surface area contributed by atoms with Gasteiger partial charge in [0, 0.05) is 6.54 Å². The van der Waals surface area contributed by atoms with Crippen molar-refractivity contribution >= 4 is 12.0 Å². The molecule has 0 heterocycles. The zero-order chi connectivity index (χ0) is 20.8. The van der Waals surface area contributed by atoms with E-state index in [9.17, 15) is 4.79 Å². The molecular formula is C25H31NO3. The summed E-state index contributed by atoms with van der Waals surface area (Å²) in [6.07, 6.45) is 5.50. The van der Waals surface area contributed by atoms with Crippen molar-refractivity contribution in [2.24, 2.45) is 5.92 Å². The maximum atomic E-state index is 11.8. The molecule has 0 amide bonds. The van der Waals surface area contributed by atoms with Crippen LogP contribution in [0.3, 0.4) is 0 Å². The van der Waals surface area contributed by atoms with Gasteiger partial charge in [0.2, 0.25) is 0 Å². The highest BCUT2D eigenvalue weighted by Crippen LogP contribution is 2.42. The van der Waals surface area contributed by atoms with E-state index in [1.165, 1.54) is 18.2 Å². The van der Waals surface area contributed by atoms with Gasteiger partial charge >= 0.3 is 5.97 Å². The molecule has 0 bridgehead atoms. The van der Waals surface area contributed by atoms with Gasteiger partial charge in [-0.25, -0.2) is 4.79 Å². The quantitative estimate of drug-likeness (QED) is 0.647. The molecule has 0 aromatic heterocycles. The first-order valence-electron chi connectivity index (χ1n) is 10.2. The number of hydrogen-bond donors (Lipinski definition) is 0. The van der Waals surface area contributed by atoms with E-state index in [-0.39, 0.29) is 5.97 Å². The van der Waals surface area contributed by atoms with Gasteiger partial charge in [0.05, 0.1) is 19.8 Å². The molecule has 1 unspecified atom stereocenters. The molecule has 154 valence electrons. The van der Waals surface area contributed by atoms with Crippen molar-refractivity contribution in [3.8, 4) is 5.75 Å². The van der Waals surface area contributed by atoms with Crippen molar-refractivity contribution < 1.29 is 14.3 Å². The topological polar surface area (TPSA) is 38.8 Å². The maximum Gasteiger partial charge on any atom is 0.337 e. The SMILES string of the molecule is COC(=O)c1cccc(/C=C2/CC[C@@H](CN(C)C)C(c3cccc(OC)c3)C2)c1. The van der Waals surface area contributed by atoms with Crippen LogP contribution in [0.5, 0.6) is 5.75 Å². The largest absolute Gasteiger partial charge is 0.497 e. The van der Waals surface area contributed by atoms with Crippen LogP contribution in [0.1, 0.15) is 46.7 Å². The van der Waals surface area contributed by atoms with Crippen LogP contribution in [0.25, 0.3) is 6.08 Å². The normalized spacial score (nSPS) is 20.7. The number of methoxy groups -OCH3 is 2. The van der Waals surface area contributed by atoms with E-state index < -0.39 is 0 Å². The molecule has 3 rings (SSSR count). The zero-order valence-electron chi connectivity index (χ0n) is 17.9. The lowest BCUT2D eigenvalue weighted by Crippen LogP contribution is -2.29. The van der Waals surface area contributed by atoms with Gasteiger partial charge in [0.15, 0.2) is 0 Å². The lowest BCUT2D eigenvalue weighted by atomic mass is 9.73. The van der Waals surface area contributed by atoms with Crippen molar-refractivity contribution in [3.05, 3.63) is 70.8 Å². The van der Waals surface area contributed by atoms with Crippen LogP contribution in [0.2, 0.25) is 0 Å². The number of esters is 1. The molecule has 0 N–H and O–H groups in total. The Morgan fingerprint density at radius 1 is 1.14 bits per heavy atom. The van der Waals surface area contributed by atoms with Crippen molar-refractivity contribution in [1.29, 1.82) is 0 Å². The molecular weight excluding hydrogens is 362 g/mol. The Hall–Kier alpha value is -2.59. The van der Waals surface area contributed by atoms with Gasteiger partial charge in [0.25, 0.3) is 0 Å². The van der Waals surface area contributed by atoms with E-state index in [1.807, 2.05) is 24.3 Å². The number of allylic oxidation sites excluding steroid dienone is 1. The van der Waals surface area contributed by atoms with Gasteiger partial charge in [-0.3, -0.25) is 0 Å². The molecule has 4 nitrogen and oxygen atoms in total. The highest BCUT2D eigenvalue weighted by molar-refractivity contribution is 5.90. The van der Waals surface area contributed by atoms with Crippen LogP contribution in [0, 0.1) is 5.92 Å². The minimum atomic E-state index is -0.297. The molecule has 1 aliphatic rings. The van der Waals surface area contributed by atoms with Crippen LogP contribution < -0.4 is 4.74 Å². The molecule has 1 aliphatic carbocycles. The Labute approximate surface area is 174 Å². The summed E-state index contributed by atoms with van der Waals surface area (Å²) in [6.45, 7) is 1.08. The summed E-state index contributed by atoms with van der Waals surface area (Å²) in [5.41, 5.74) is 4.41. The van der Waals surface area contributed by atoms with E-state index >= 15 is 0 Å². The van der Waals surface area contributed by atoms with E-state index in [0.29, 0.717) is 17.4 Å². The predicted molar refractivity (Wildman–Crippen MR) is 117 cm³/mol. The summed E-state index contributed by atoms with van der Waals surface area (Å²) in [6, 6.07) is 16.1. The van der Waals surface area contributed by atoms with Crippen LogP contribution in [0.4, 0.5) is 0 Å². The van der Waals surface area contributed by atoms with E-state index in [0.717, 1.165) is 37.1 Å². The maximum absolute atomic E-state index is 11.8. The van der Waals surface area contributed by atoms with Crippen molar-refractivity contribution in [2.75, 3.05) is 34.9 Å². The zero-order valence-corrected chi connectivity index (χ0v) is 17.9. The van der Waals surface area contributed by atoms with Crippen molar-refractivity contribution in [2.45, 2.75) is 25.2 Å². The third-order valence-corrected chi connectivity index (χ3v) is 5.69. The molecule has 0 radical (unpaired) electrons. The highest BCUT2D eigenvalue weighted by atomic mass is 16.5. The summed E-state index contributed by atoms with van der Waals surface area (Å²) in [5.74, 6) is 1.68. The minimum absolute atomic E-state index is 0.297. The van der Waals surface area contributed by atoms with Gasteiger partial charge in [-0.15, -0.1) is 0 Å². The first-order valence-corrected chi connectivity index (χ1v) is 10.2. The standard InChI is InChI=1S/C25H31NO3/c1-26(2)17-22-12-11-19(13-18-7-5-9-21(14-18)25(27)29-4)15-24(22)20-8-6-10-23(16-20)28-3/h5-10,13-14,16,22,24H,11-12,15,17H2,1-4H3/b19-13-/t22-,24?/m0/s1. The second-order valence-corrected chi connectivity index (χ2v) is 8.07. The third-order valence-electron chi connectivity index (χ3n) is 5.69. The number of carbonyl (C=O) groups is 1. The molecule has 0 saturated heterocycles.